The van der Waals surface area contributed by atoms with Crippen LogP contribution in [-0.2, 0) is 9.53 Å². The Kier molecular flexibility index (Phi) is 13.7. The number of methoxy groups -OCH3 is 1. The number of carbonyl (C=O) groups is 1. The van der Waals surface area contributed by atoms with Crippen molar-refractivity contribution >= 4 is 15.2 Å². The summed E-state index contributed by atoms with van der Waals surface area (Å²) in [7, 11) is 4.94. The van der Waals surface area contributed by atoms with Crippen LogP contribution >= 0.6 is 9.24 Å². The van der Waals surface area contributed by atoms with Gasteiger partial charge in [-0.1, -0.05) is 66.2 Å². The second-order valence-electron chi connectivity index (χ2n) is 7.34. The molecule has 3 nitrogen and oxygen atoms in total. The third kappa shape index (κ3) is 8.89. The number of unbranched alkanes of at least 4 members (excludes halogenated alkanes) is 3. The number of rotatable bonds is 12. The van der Waals surface area contributed by atoms with Crippen molar-refractivity contribution in [1.82, 2.24) is 0 Å². The normalized spacial score (nSPS) is 14.8. The van der Waals surface area contributed by atoms with Gasteiger partial charge >= 0.3 is 18.1 Å². The number of halogens is 5. The Morgan fingerprint density at radius 3 is 1.46 bits per heavy atom. The largest absolute Gasteiger partial charge is 0.477 e. The quantitative estimate of drug-likeness (QED) is 0.262. The first-order valence-electron chi connectivity index (χ1n) is 9.71. The summed E-state index contributed by atoms with van der Waals surface area (Å²) in [5, 5.41) is 7.27. The van der Waals surface area contributed by atoms with Crippen molar-refractivity contribution in [3.05, 3.63) is 0 Å². The number of carboxylic acid groups (broad SMARTS) is 1. The van der Waals surface area contributed by atoms with Gasteiger partial charge in [0.05, 0.1) is 5.34 Å². The molecule has 0 aromatic rings. The van der Waals surface area contributed by atoms with E-state index in [9.17, 15) is 26.7 Å². The molecule has 0 radical (unpaired) electrons. The molecule has 0 aliphatic heterocycles. The fourth-order valence-corrected chi connectivity index (χ4v) is 3.39. The summed E-state index contributed by atoms with van der Waals surface area (Å²) >= 11 is 0. The Hall–Kier alpha value is -0.490. The zero-order valence-corrected chi connectivity index (χ0v) is 18.7. The molecule has 2 unspecified atom stereocenters. The lowest BCUT2D eigenvalue weighted by molar-refractivity contribution is -0.277. The van der Waals surface area contributed by atoms with Crippen LogP contribution in [0, 0.1) is 5.41 Å². The van der Waals surface area contributed by atoms with Crippen LogP contribution < -0.4 is 0 Å². The highest BCUT2D eigenvalue weighted by Gasteiger charge is 2.64. The molecule has 0 amide bonds. The van der Waals surface area contributed by atoms with Gasteiger partial charge < -0.3 is 9.84 Å². The molecule has 0 heterocycles. The average Bonchev–Trinajstić information content (AvgIpc) is 2.62. The van der Waals surface area contributed by atoms with Crippen molar-refractivity contribution in [2.45, 2.75) is 103 Å². The van der Waals surface area contributed by atoms with Crippen LogP contribution in [-0.4, -0.2) is 35.6 Å². The van der Waals surface area contributed by atoms with Crippen LogP contribution in [0.4, 0.5) is 22.0 Å². The van der Waals surface area contributed by atoms with E-state index in [1.807, 2.05) is 7.11 Å². The van der Waals surface area contributed by atoms with Crippen LogP contribution in [0.15, 0.2) is 0 Å². The van der Waals surface area contributed by atoms with Crippen LogP contribution in [0.3, 0.4) is 0 Å². The Morgan fingerprint density at radius 1 is 0.893 bits per heavy atom. The van der Waals surface area contributed by atoms with Crippen molar-refractivity contribution in [2.24, 2.45) is 5.41 Å². The Morgan fingerprint density at radius 2 is 1.25 bits per heavy atom. The maximum atomic E-state index is 11.3. The van der Waals surface area contributed by atoms with E-state index in [0.717, 1.165) is 6.42 Å². The van der Waals surface area contributed by atoms with Crippen LogP contribution in [0.25, 0.3) is 0 Å². The van der Waals surface area contributed by atoms with E-state index in [0.29, 0.717) is 5.41 Å². The molecule has 2 atom stereocenters. The fraction of sp³-hybridized carbons (Fsp3) is 0.947. The first-order valence-corrected chi connectivity index (χ1v) is 10.3. The van der Waals surface area contributed by atoms with Gasteiger partial charge in [0.15, 0.2) is 0 Å². The predicted octanol–water partition coefficient (Wildman–Crippen LogP) is 7.05. The van der Waals surface area contributed by atoms with Crippen molar-refractivity contribution in [3.63, 3.8) is 0 Å². The van der Waals surface area contributed by atoms with Gasteiger partial charge in [-0.25, -0.2) is 4.79 Å². The zero-order chi connectivity index (χ0) is 22.6. The first-order chi connectivity index (χ1) is 12.7. The summed E-state index contributed by atoms with van der Waals surface area (Å²) in [5.41, 5.74) is 0.299. The van der Waals surface area contributed by atoms with Crippen LogP contribution in [0.1, 0.15) is 85.5 Å². The lowest BCUT2D eigenvalue weighted by Crippen LogP contribution is -2.43. The summed E-state index contributed by atoms with van der Waals surface area (Å²) in [4.78, 5) is 9.20. The number of alkyl halides is 5. The second-order valence-corrected chi connectivity index (χ2v) is 8.27. The standard InChI is InChI=1S/C16H35OP.C3HF5O2/c1-6-9-12-15(4,13-10-7-2)16(18,17-5)14-11-8-3;4-2(5,1(9)10)3(6,7)8/h6-14,18H2,1-5H3;(H,9,10). The fourth-order valence-electron chi connectivity index (χ4n) is 2.89. The smallest absolute Gasteiger partial charge is 0.465 e. The van der Waals surface area contributed by atoms with E-state index in [4.69, 9.17) is 9.84 Å². The Balaban J connectivity index is 0. The molecule has 0 rings (SSSR count). The third-order valence-electron chi connectivity index (χ3n) is 5.08. The molecule has 0 fully saturated rings. The molecule has 0 aromatic heterocycles. The molecule has 0 aliphatic rings. The topological polar surface area (TPSA) is 46.5 Å². The summed E-state index contributed by atoms with van der Waals surface area (Å²) in [6.45, 7) is 9.26. The molecule has 0 spiro atoms. The molecule has 0 aliphatic carbocycles. The zero-order valence-electron chi connectivity index (χ0n) is 17.6. The van der Waals surface area contributed by atoms with Crippen molar-refractivity contribution in [3.8, 4) is 0 Å². The molecule has 0 saturated heterocycles. The Bertz CT molecular complexity index is 436. The number of carboxylic acids is 1. The summed E-state index contributed by atoms with van der Waals surface area (Å²) in [6, 6.07) is 0. The van der Waals surface area contributed by atoms with E-state index >= 15 is 0 Å². The monoisotopic (exact) mass is 438 g/mol. The Labute approximate surface area is 168 Å². The number of hydrogen-bond acceptors (Lipinski definition) is 2. The summed E-state index contributed by atoms with van der Waals surface area (Å²) in [6.07, 6.45) is 5.39. The van der Waals surface area contributed by atoms with Crippen molar-refractivity contribution < 1.29 is 36.6 Å². The van der Waals surface area contributed by atoms with Crippen molar-refractivity contribution in [2.75, 3.05) is 7.11 Å². The lowest BCUT2D eigenvalue weighted by atomic mass is 9.73. The molecular weight excluding hydrogens is 402 g/mol. The molecule has 0 aromatic carbocycles. The van der Waals surface area contributed by atoms with Crippen LogP contribution in [0.5, 0.6) is 0 Å². The molecular formula is C19H36F5O3P. The van der Waals surface area contributed by atoms with E-state index in [1.165, 1.54) is 51.4 Å². The van der Waals surface area contributed by atoms with Gasteiger partial charge in [-0.15, -0.1) is 9.24 Å². The first kappa shape index (κ1) is 29.7. The highest BCUT2D eigenvalue weighted by molar-refractivity contribution is 7.18. The maximum Gasteiger partial charge on any atom is 0.465 e. The molecule has 9 heteroatoms. The van der Waals surface area contributed by atoms with E-state index < -0.39 is 18.1 Å². The van der Waals surface area contributed by atoms with Gasteiger partial charge in [0.2, 0.25) is 0 Å². The minimum atomic E-state index is -6.02. The summed E-state index contributed by atoms with van der Waals surface area (Å²) in [5.74, 6) is -8.84. The summed E-state index contributed by atoms with van der Waals surface area (Å²) < 4.78 is 61.5. The van der Waals surface area contributed by atoms with Crippen LogP contribution in [0.2, 0.25) is 0 Å². The van der Waals surface area contributed by atoms with E-state index in [1.54, 1.807) is 0 Å². The van der Waals surface area contributed by atoms with Gasteiger partial charge in [-0.2, -0.15) is 22.0 Å². The average molecular weight is 438 g/mol. The minimum Gasteiger partial charge on any atom is -0.477 e. The van der Waals surface area contributed by atoms with E-state index in [-0.39, 0.29) is 5.34 Å². The highest BCUT2D eigenvalue weighted by Crippen LogP contribution is 2.50. The minimum absolute atomic E-state index is 0.0344. The van der Waals surface area contributed by atoms with Gasteiger partial charge in [0.1, 0.15) is 0 Å². The molecule has 0 saturated carbocycles. The van der Waals surface area contributed by atoms with Gasteiger partial charge in [-0.05, 0) is 24.7 Å². The highest BCUT2D eigenvalue weighted by atomic mass is 31.0. The number of aliphatic carboxylic acids is 1. The lowest BCUT2D eigenvalue weighted by Gasteiger charge is -2.46. The number of ether oxygens (including phenoxy) is 1. The van der Waals surface area contributed by atoms with E-state index in [2.05, 4.69) is 36.9 Å². The molecule has 28 heavy (non-hydrogen) atoms. The molecule has 170 valence electrons. The number of hydrogen-bond donors (Lipinski definition) is 1. The van der Waals surface area contributed by atoms with Gasteiger partial charge in [0, 0.05) is 7.11 Å². The van der Waals surface area contributed by atoms with Gasteiger partial charge in [-0.3, -0.25) is 0 Å². The third-order valence-corrected chi connectivity index (χ3v) is 6.30. The second kappa shape index (κ2) is 12.9. The SMILES string of the molecule is CCCCC(C)(CCCC)C(P)(CCCC)OC.O=C(O)C(F)(F)C(F)(F)F. The molecule has 1 N–H and O–H groups in total. The van der Waals surface area contributed by atoms with Crippen molar-refractivity contribution in [1.29, 1.82) is 0 Å². The molecule has 0 bridgehead atoms. The maximum absolute atomic E-state index is 11.3. The predicted molar refractivity (Wildman–Crippen MR) is 105 cm³/mol. The van der Waals surface area contributed by atoms with Gasteiger partial charge in [0.25, 0.3) is 0 Å².